The van der Waals surface area contributed by atoms with Gasteiger partial charge in [-0.2, -0.15) is 14.9 Å². The number of alkyl halides is 1. The summed E-state index contributed by atoms with van der Waals surface area (Å²) in [5, 5.41) is 7.32. The highest BCUT2D eigenvalue weighted by atomic mass is 79.9. The number of carbonyl (C=O) groups is 2. The number of carbonyl (C=O) groups excluding carboxylic acids is 2. The number of fused-ring (bicyclic) bond motifs is 2. The normalized spacial score (nSPS) is 15.2. The van der Waals surface area contributed by atoms with Crippen LogP contribution in [-0.4, -0.2) is 128 Å². The Morgan fingerprint density at radius 3 is 1.83 bits per heavy atom. The molecule has 69 heavy (non-hydrogen) atoms. The largest absolute Gasteiger partial charge is 0.454 e. The van der Waals surface area contributed by atoms with Crippen molar-refractivity contribution in [2.45, 2.75) is 6.92 Å². The van der Waals surface area contributed by atoms with Crippen LogP contribution in [0.2, 0.25) is 0 Å². The Hall–Kier alpha value is -5.35. The molecule has 2 fully saturated rings. The highest BCUT2D eigenvalue weighted by Gasteiger charge is 2.23. The highest BCUT2D eigenvalue weighted by molar-refractivity contribution is 9.09. The fourth-order valence-corrected chi connectivity index (χ4v) is 9.11. The number of thioether (sulfide) groups is 1. The Balaban J connectivity index is 0.000000184. The van der Waals surface area contributed by atoms with E-state index in [1.807, 2.05) is 17.9 Å². The van der Waals surface area contributed by atoms with Crippen molar-refractivity contribution in [3.8, 4) is 23.0 Å². The van der Waals surface area contributed by atoms with Crippen LogP contribution in [0.4, 0.5) is 42.5 Å². The van der Waals surface area contributed by atoms with Crippen LogP contribution >= 0.6 is 61.1 Å². The van der Waals surface area contributed by atoms with Gasteiger partial charge in [-0.3, -0.25) is 9.59 Å². The summed E-state index contributed by atoms with van der Waals surface area (Å²) in [6, 6.07) is 20.2. The smallest absolute Gasteiger partial charge is 0.231 e. The first kappa shape index (κ1) is 53.0. The van der Waals surface area contributed by atoms with Gasteiger partial charge in [0.1, 0.15) is 22.3 Å². The maximum absolute atomic E-state index is 14.8. The predicted molar refractivity (Wildman–Crippen MR) is 286 cm³/mol. The second-order valence-electron chi connectivity index (χ2n) is 15.6. The molecule has 368 valence electrons. The Morgan fingerprint density at radius 2 is 1.29 bits per heavy atom. The topological polar surface area (TPSA) is 185 Å². The first-order valence-electron chi connectivity index (χ1n) is 21.5. The third-order valence-electron chi connectivity index (χ3n) is 10.9. The number of hydrogen-bond acceptors (Lipinski definition) is 16. The van der Waals surface area contributed by atoms with Gasteiger partial charge < -0.3 is 60.6 Å². The fraction of sp³-hybridized carbons (Fsp3) is 0.326. The number of rotatable bonds is 10. The zero-order valence-corrected chi connectivity index (χ0v) is 43.7. The number of nitrogens with one attached hydrogen (secondary N) is 2. The maximum atomic E-state index is 14.8. The molecule has 5 aromatic rings. The van der Waals surface area contributed by atoms with E-state index in [0.717, 1.165) is 69.4 Å². The van der Waals surface area contributed by atoms with Crippen molar-refractivity contribution in [3.05, 3.63) is 100 Å². The van der Waals surface area contributed by atoms with Crippen molar-refractivity contribution in [2.24, 2.45) is 10.7 Å². The number of nitrogens with two attached hydrogens (primary N) is 2. The molecule has 23 heteroatoms. The summed E-state index contributed by atoms with van der Waals surface area (Å²) in [4.78, 5) is 41.4. The average Bonchev–Trinajstić information content (AvgIpc) is 4.09. The summed E-state index contributed by atoms with van der Waals surface area (Å²) in [6.07, 6.45) is 0. The quantitative estimate of drug-likeness (QED) is 0.0266. The number of ether oxygens (including phenoxy) is 4. The lowest BCUT2D eigenvalue weighted by molar-refractivity contribution is 0.102. The number of anilines is 6. The third kappa shape index (κ3) is 14.1. The van der Waals surface area contributed by atoms with Gasteiger partial charge in [0.05, 0.1) is 16.7 Å². The number of benzene rings is 4. The molecule has 1 aromatic heterocycles. The van der Waals surface area contributed by atoms with Gasteiger partial charge in [-0.1, -0.05) is 46.0 Å². The SMILES string of the molecule is CCSC(N)=NC(=S)Nc1ccc(N2CCN(C)CC2)c(F)c1.CN1CCN(c2ccc(Nc3nc(N)c(C(=O)c4ccc5c(c4)OCO5)s3)cc2F)CC1.O=C(CBr)c1ccc2c(c1)OCO2.P. The summed E-state index contributed by atoms with van der Waals surface area (Å²) in [6.45, 7) is 9.25. The number of hydrogen-bond donors (Lipinski definition) is 4. The van der Waals surface area contributed by atoms with E-state index in [9.17, 15) is 18.4 Å². The van der Waals surface area contributed by atoms with Crippen molar-refractivity contribution in [3.63, 3.8) is 0 Å². The number of Topliss-reactive ketones (excluding diaryl/α,β-unsaturated/α-hetero) is 1. The number of aliphatic imine (C=N–C) groups is 1. The van der Waals surface area contributed by atoms with Crippen molar-refractivity contribution in [1.82, 2.24) is 14.8 Å². The molecule has 2 saturated heterocycles. The molecule has 0 radical (unpaired) electrons. The van der Waals surface area contributed by atoms with Gasteiger partial charge >= 0.3 is 0 Å². The molecule has 0 aliphatic carbocycles. The Labute approximate surface area is 424 Å². The van der Waals surface area contributed by atoms with Crippen LogP contribution in [0.5, 0.6) is 23.0 Å². The zero-order valence-electron chi connectivity index (χ0n) is 38.3. The average molecular weight is 1090 g/mol. The molecule has 1 unspecified atom stereocenters. The number of thiazole rings is 1. The minimum Gasteiger partial charge on any atom is -0.454 e. The molecule has 6 N–H and O–H groups in total. The molecule has 0 spiro atoms. The number of ketones is 2. The van der Waals surface area contributed by atoms with Crippen LogP contribution in [0.1, 0.15) is 32.5 Å². The van der Waals surface area contributed by atoms with E-state index < -0.39 is 0 Å². The molecule has 0 saturated carbocycles. The number of halogens is 3. The summed E-state index contributed by atoms with van der Waals surface area (Å²) < 4.78 is 50.0. The van der Waals surface area contributed by atoms with E-state index in [1.165, 1.54) is 23.9 Å². The molecule has 1 atom stereocenters. The maximum Gasteiger partial charge on any atom is 0.231 e. The number of nitrogen functional groups attached to an aromatic ring is 1. The summed E-state index contributed by atoms with van der Waals surface area (Å²) in [7, 11) is 4.14. The van der Waals surface area contributed by atoms with E-state index in [4.69, 9.17) is 42.6 Å². The first-order valence-corrected chi connectivity index (χ1v) is 24.8. The number of thiocarbonyl (C=S) groups is 1. The third-order valence-corrected chi connectivity index (χ3v) is 13.3. The van der Waals surface area contributed by atoms with Gasteiger partial charge in [0.2, 0.25) is 19.4 Å². The zero-order chi connectivity index (χ0) is 48.3. The number of amidine groups is 1. The predicted octanol–water partition coefficient (Wildman–Crippen LogP) is 7.71. The van der Waals surface area contributed by atoms with Gasteiger partial charge in [-0.05, 0) is 105 Å². The van der Waals surface area contributed by atoms with Crippen molar-refractivity contribution >= 4 is 117 Å². The second kappa shape index (κ2) is 25.0. The Morgan fingerprint density at radius 1 is 0.783 bits per heavy atom. The highest BCUT2D eigenvalue weighted by Crippen LogP contribution is 2.36. The molecule has 4 aliphatic heterocycles. The number of nitrogens with zero attached hydrogens (tertiary/aromatic N) is 6. The van der Waals surface area contributed by atoms with E-state index in [1.54, 1.807) is 54.6 Å². The Bertz CT molecular complexity index is 2650. The molecule has 5 heterocycles. The van der Waals surface area contributed by atoms with Crippen molar-refractivity contribution in [2.75, 3.05) is 117 Å². The number of piperazine rings is 2. The molecular formula is C46H54BrF2N10O6PS3. The number of likely N-dealkylation sites (N-methyl/N-ethyl adjacent to an activating group) is 2. The molecule has 4 aliphatic rings. The minimum atomic E-state index is -0.305. The molecule has 9 rings (SSSR count). The van der Waals surface area contributed by atoms with E-state index >= 15 is 0 Å². The van der Waals surface area contributed by atoms with E-state index in [2.05, 4.69) is 65.3 Å². The van der Waals surface area contributed by atoms with Crippen LogP contribution in [-0.2, 0) is 0 Å². The van der Waals surface area contributed by atoms with Crippen LogP contribution in [0, 0.1) is 11.6 Å². The van der Waals surface area contributed by atoms with Crippen molar-refractivity contribution in [1.29, 1.82) is 0 Å². The number of aromatic nitrogens is 1. The minimum absolute atomic E-state index is 0. The molecule has 0 amide bonds. The van der Waals surface area contributed by atoms with Gasteiger partial charge in [0.25, 0.3) is 0 Å². The molecule has 0 bridgehead atoms. The molecule has 16 nitrogen and oxygen atoms in total. The van der Waals surface area contributed by atoms with E-state index in [0.29, 0.717) is 77.4 Å². The van der Waals surface area contributed by atoms with Crippen molar-refractivity contribution < 1.29 is 37.3 Å². The summed E-state index contributed by atoms with van der Waals surface area (Å²) >= 11 is 10.8. The lowest BCUT2D eigenvalue weighted by atomic mass is 10.1. The van der Waals surface area contributed by atoms with Crippen LogP contribution in [0.15, 0.2) is 77.8 Å². The van der Waals surface area contributed by atoms with Gasteiger partial charge in [0, 0.05) is 74.9 Å². The Kier molecular flexibility index (Phi) is 19.2. The monoisotopic (exact) mass is 1090 g/mol. The lowest BCUT2D eigenvalue weighted by Gasteiger charge is -2.34. The van der Waals surface area contributed by atoms with Gasteiger partial charge in [-0.25, -0.2) is 13.8 Å². The second-order valence-corrected chi connectivity index (χ2v) is 18.8. The standard InChI is InChI=1S/C22H22FN5O3S.C15H22FN5S2.C9H7BrO3.H3P/c1-27-6-8-28(9-7-27)16-4-3-14(11-15(16)23)25-22-26-21(24)20(32-22)19(29)13-2-5-17-18(10-13)31-12-30-17;1-3-23-14(17)19-15(22)18-11-4-5-13(12(16)10-11)21-8-6-20(2)7-9-21;10-4-7(11)6-1-2-8-9(3-6)13-5-12-8;/h2-5,10-11H,6-9,12,24H2,1H3,(H,25,26);4-5,10H,3,6-9H2,1-2H3,(H3,17,18,19,22);1-3H,4-5H2;1H3. The van der Waals surface area contributed by atoms with Crippen LogP contribution < -0.4 is 50.8 Å². The van der Waals surface area contributed by atoms with Crippen LogP contribution in [0.25, 0.3) is 0 Å². The molecular weight excluding hydrogens is 1030 g/mol. The van der Waals surface area contributed by atoms with Gasteiger partial charge in [0.15, 0.2) is 44.2 Å². The summed E-state index contributed by atoms with van der Waals surface area (Å²) in [5.74, 6) is 2.63. The summed E-state index contributed by atoms with van der Waals surface area (Å²) in [5.41, 5.74) is 15.1. The molecule has 4 aromatic carbocycles. The fourth-order valence-electron chi connectivity index (χ4n) is 7.20. The van der Waals surface area contributed by atoms with E-state index in [-0.39, 0.29) is 57.6 Å². The first-order chi connectivity index (χ1) is 32.8. The van der Waals surface area contributed by atoms with Crippen LogP contribution in [0.3, 0.4) is 0 Å². The lowest BCUT2D eigenvalue weighted by Crippen LogP contribution is -2.44. The van der Waals surface area contributed by atoms with Gasteiger partial charge in [-0.15, -0.1) is 0 Å².